The van der Waals surface area contributed by atoms with Crippen molar-refractivity contribution in [2.45, 2.75) is 172 Å². The lowest BCUT2D eigenvalue weighted by molar-refractivity contribution is -0.314. The van der Waals surface area contributed by atoms with E-state index in [1.165, 1.54) is 12.1 Å². The van der Waals surface area contributed by atoms with E-state index in [4.69, 9.17) is 37.9 Å². The van der Waals surface area contributed by atoms with Crippen molar-refractivity contribution in [1.29, 1.82) is 0 Å². The van der Waals surface area contributed by atoms with Crippen LogP contribution < -0.4 is 0 Å². The van der Waals surface area contributed by atoms with E-state index in [0.29, 0.717) is 18.4 Å². The second-order valence-corrected chi connectivity index (χ2v) is 18.9. The predicted molar refractivity (Wildman–Crippen MR) is 219 cm³/mol. The van der Waals surface area contributed by atoms with E-state index in [2.05, 4.69) is 32.8 Å². The maximum Gasteiger partial charge on any atom is 0.306 e. The van der Waals surface area contributed by atoms with Crippen molar-refractivity contribution in [3.8, 4) is 0 Å². The molecular weight excluding hydrogens is 758 g/mol. The fourth-order valence-corrected chi connectivity index (χ4v) is 12.8. The van der Waals surface area contributed by atoms with E-state index >= 15 is 4.79 Å². The Balaban J connectivity index is 1.20. The van der Waals surface area contributed by atoms with Gasteiger partial charge < -0.3 is 42.8 Å². The van der Waals surface area contributed by atoms with E-state index in [1.807, 2.05) is 26.0 Å². The van der Waals surface area contributed by atoms with E-state index in [0.717, 1.165) is 63.4 Å². The van der Waals surface area contributed by atoms with Crippen LogP contribution in [-0.4, -0.2) is 120 Å². The van der Waals surface area contributed by atoms with Gasteiger partial charge in [-0.1, -0.05) is 26.0 Å². The maximum atomic E-state index is 15.5. The van der Waals surface area contributed by atoms with Crippen LogP contribution in [0.4, 0.5) is 4.39 Å². The van der Waals surface area contributed by atoms with Crippen LogP contribution in [0.3, 0.4) is 0 Å². The first-order chi connectivity index (χ1) is 28.4. The van der Waals surface area contributed by atoms with Crippen molar-refractivity contribution in [2.24, 2.45) is 41.4 Å². The molecule has 0 bridgehead atoms. The van der Waals surface area contributed by atoms with Crippen molar-refractivity contribution < 1.29 is 51.9 Å². The van der Waals surface area contributed by atoms with Gasteiger partial charge in [0.05, 0.1) is 24.4 Å². The number of hydrogen-bond acceptors (Lipinski definition) is 11. The van der Waals surface area contributed by atoms with E-state index in [-0.39, 0.29) is 96.3 Å². The summed E-state index contributed by atoms with van der Waals surface area (Å²) in [5.41, 5.74) is 0.959. The van der Waals surface area contributed by atoms with Gasteiger partial charge in [-0.25, -0.2) is 4.39 Å². The Morgan fingerprint density at radius 3 is 2.15 bits per heavy atom. The van der Waals surface area contributed by atoms with Gasteiger partial charge in [-0.3, -0.25) is 9.59 Å². The molecule has 6 fully saturated rings. The number of fused-ring (bicyclic) bond motifs is 5. The standard InChI is InChI=1S/C47H72FNO10/c1-10-31-12-11-13-37(59-39-21-20-36(49(5)6)26(3)55-39)25(2)43(51)42-35(24-38(50)57-31)33-19-16-29-22-32(23-34(29)41(33)40(42)28-14-17-30(48)18-15-28)58-47-46(54-9)45(53-8)44(52-7)27(4)56-47/h14-15,17-18,25-27,29,31-37,39-42,44-47H,10-13,16,19-24H2,1-9H3/t25-,26?,27?,29-,31+,32-,33+,34-,35+,36+,37+,39+,40?,41-,42?,44+,45?,46+,47+/m1/s1. The number of rotatable bonds is 10. The lowest BCUT2D eigenvalue weighted by Gasteiger charge is -2.44. The first kappa shape index (κ1) is 45.0. The molecule has 0 spiro atoms. The Kier molecular flexibility index (Phi) is 14.9. The highest BCUT2D eigenvalue weighted by Crippen LogP contribution is 2.64. The minimum Gasteiger partial charge on any atom is -0.462 e. The molecule has 0 radical (unpaired) electrons. The number of esters is 1. The lowest BCUT2D eigenvalue weighted by atomic mass is 9.64. The Morgan fingerprint density at radius 2 is 1.49 bits per heavy atom. The highest BCUT2D eigenvalue weighted by Gasteiger charge is 2.61. The molecule has 6 aliphatic rings. The molecule has 1 aromatic rings. The van der Waals surface area contributed by atoms with E-state index in [1.54, 1.807) is 21.3 Å². The van der Waals surface area contributed by atoms with Crippen molar-refractivity contribution in [3.05, 3.63) is 35.6 Å². The van der Waals surface area contributed by atoms with Crippen LogP contribution in [0.2, 0.25) is 0 Å². The minimum atomic E-state index is -0.635. The number of methoxy groups -OCH3 is 3. The number of carbonyl (C=O) groups is 2. The second kappa shape index (κ2) is 19.6. The molecule has 3 saturated carbocycles. The van der Waals surface area contributed by atoms with Crippen LogP contribution >= 0.6 is 0 Å². The molecule has 332 valence electrons. The average molecular weight is 830 g/mol. The fraction of sp³-hybridized carbons (Fsp3) is 0.830. The largest absolute Gasteiger partial charge is 0.462 e. The summed E-state index contributed by atoms with van der Waals surface area (Å²) in [6, 6.07) is 7.08. The van der Waals surface area contributed by atoms with Gasteiger partial charge in [0.15, 0.2) is 12.6 Å². The summed E-state index contributed by atoms with van der Waals surface area (Å²) >= 11 is 0. The molecule has 5 unspecified atom stereocenters. The fourth-order valence-electron chi connectivity index (χ4n) is 12.8. The molecule has 3 saturated heterocycles. The Labute approximate surface area is 352 Å². The number of halogens is 1. The third kappa shape index (κ3) is 9.36. The van der Waals surface area contributed by atoms with Crippen LogP contribution in [0.25, 0.3) is 0 Å². The first-order valence-corrected chi connectivity index (χ1v) is 22.7. The van der Waals surface area contributed by atoms with Crippen LogP contribution in [0.5, 0.6) is 0 Å². The molecule has 12 heteroatoms. The van der Waals surface area contributed by atoms with Crippen LogP contribution in [0.15, 0.2) is 24.3 Å². The molecule has 3 aliphatic carbocycles. The Bertz CT molecular complexity index is 1550. The lowest BCUT2D eigenvalue weighted by Crippen LogP contribution is -2.59. The summed E-state index contributed by atoms with van der Waals surface area (Å²) in [4.78, 5) is 31.7. The van der Waals surface area contributed by atoms with Crippen molar-refractivity contribution in [3.63, 3.8) is 0 Å². The number of ether oxygens (including phenoxy) is 8. The molecular formula is C47H72FNO10. The van der Waals surface area contributed by atoms with E-state index in [9.17, 15) is 9.18 Å². The number of carbonyl (C=O) groups excluding carboxylic acids is 2. The van der Waals surface area contributed by atoms with Crippen molar-refractivity contribution in [2.75, 3.05) is 35.4 Å². The second-order valence-electron chi connectivity index (χ2n) is 18.9. The summed E-state index contributed by atoms with van der Waals surface area (Å²) in [5.74, 6) is -0.876. The number of hydrogen-bond donors (Lipinski definition) is 0. The number of nitrogens with zero attached hydrogens (tertiary/aromatic N) is 1. The number of cyclic esters (lactones) is 1. The summed E-state index contributed by atoms with van der Waals surface area (Å²) in [7, 11) is 9.13. The third-order valence-electron chi connectivity index (χ3n) is 15.6. The smallest absolute Gasteiger partial charge is 0.306 e. The van der Waals surface area contributed by atoms with Gasteiger partial charge in [0.1, 0.15) is 36.0 Å². The van der Waals surface area contributed by atoms with Crippen LogP contribution in [0.1, 0.15) is 110 Å². The molecule has 11 nitrogen and oxygen atoms in total. The van der Waals surface area contributed by atoms with Gasteiger partial charge >= 0.3 is 5.97 Å². The molecule has 7 rings (SSSR count). The maximum absolute atomic E-state index is 15.5. The first-order valence-electron chi connectivity index (χ1n) is 22.7. The third-order valence-corrected chi connectivity index (χ3v) is 15.6. The normalized spacial score (nSPS) is 44.6. The highest BCUT2D eigenvalue weighted by molar-refractivity contribution is 5.86. The molecule has 3 heterocycles. The predicted octanol–water partition coefficient (Wildman–Crippen LogP) is 7.32. The Morgan fingerprint density at radius 1 is 0.763 bits per heavy atom. The molecule has 0 aromatic heterocycles. The van der Waals surface area contributed by atoms with Gasteiger partial charge in [0.25, 0.3) is 0 Å². The SMILES string of the molecule is CC[C@H]1CCC[C@H](O[C@H]2CC[C@H](N(C)C)C(C)O2)[C@@H](C)C(=O)C2C(c3ccc(F)cc3)[C@H]3[C@@H]4C[C@H](O[C@@H]5OC(C)[C@H](OC)C(OC)[C@@H]5OC)C[C@H]4CC[C@H]3[C@@H]2CC(=O)O1. The number of likely N-dealkylation sites (N-methyl/N-ethyl adjacent to an activating group) is 1. The van der Waals surface area contributed by atoms with Gasteiger partial charge in [0, 0.05) is 45.6 Å². The zero-order valence-corrected chi connectivity index (χ0v) is 37.0. The number of ketones is 1. The highest BCUT2D eigenvalue weighted by atomic mass is 19.1. The summed E-state index contributed by atoms with van der Waals surface area (Å²) < 4.78 is 65.0. The summed E-state index contributed by atoms with van der Waals surface area (Å²) in [6.07, 6.45) is 5.28. The molecule has 3 aliphatic heterocycles. The molecule has 0 amide bonds. The zero-order chi connectivity index (χ0) is 42.1. The Hall–Kier alpha value is -2.03. The van der Waals surface area contributed by atoms with E-state index < -0.39 is 30.5 Å². The van der Waals surface area contributed by atoms with Gasteiger partial charge in [-0.15, -0.1) is 0 Å². The molecule has 0 N–H and O–H groups in total. The van der Waals surface area contributed by atoms with Gasteiger partial charge in [-0.05, 0) is 145 Å². The summed E-state index contributed by atoms with van der Waals surface area (Å²) in [6.45, 7) is 8.18. The number of Topliss-reactive ketones (excluding diaryl/α,β-unsaturated/α-hetero) is 1. The molecule has 19 atom stereocenters. The topological polar surface area (TPSA) is 111 Å². The van der Waals surface area contributed by atoms with Crippen molar-refractivity contribution in [1.82, 2.24) is 4.90 Å². The molecule has 1 aromatic carbocycles. The van der Waals surface area contributed by atoms with Crippen LogP contribution in [0, 0.1) is 47.2 Å². The zero-order valence-electron chi connectivity index (χ0n) is 37.0. The quantitative estimate of drug-likeness (QED) is 0.221. The van der Waals surface area contributed by atoms with Crippen LogP contribution in [-0.2, 0) is 47.5 Å². The van der Waals surface area contributed by atoms with Crippen molar-refractivity contribution >= 4 is 11.8 Å². The van der Waals surface area contributed by atoms with Gasteiger partial charge in [-0.2, -0.15) is 0 Å². The minimum absolute atomic E-state index is 0.000570. The van der Waals surface area contributed by atoms with Gasteiger partial charge in [0.2, 0.25) is 0 Å². The monoisotopic (exact) mass is 830 g/mol. The average Bonchev–Trinajstić information content (AvgIpc) is 3.77. The number of benzene rings is 1. The molecule has 59 heavy (non-hydrogen) atoms. The summed E-state index contributed by atoms with van der Waals surface area (Å²) in [5, 5.41) is 0.